The summed E-state index contributed by atoms with van der Waals surface area (Å²) in [6.07, 6.45) is -3.25. The summed E-state index contributed by atoms with van der Waals surface area (Å²) in [4.78, 5) is 12.7. The van der Waals surface area contributed by atoms with Crippen LogP contribution < -0.4 is 11.1 Å². The lowest BCUT2D eigenvalue weighted by molar-refractivity contribution is -0.220. The third kappa shape index (κ3) is 4.44. The van der Waals surface area contributed by atoms with Crippen LogP contribution in [0.4, 0.5) is 24.9 Å². The lowest BCUT2D eigenvalue weighted by Crippen LogP contribution is -2.33. The molecule has 2 aromatic heterocycles. The Morgan fingerprint density at radius 3 is 2.46 bits per heavy atom. The Labute approximate surface area is 222 Å². The van der Waals surface area contributed by atoms with Crippen LogP contribution >= 0.6 is 0 Å². The van der Waals surface area contributed by atoms with E-state index < -0.39 is 22.5 Å². The maximum atomic E-state index is 13.6. The fourth-order valence-electron chi connectivity index (χ4n) is 5.94. The number of fused-ring (bicyclic) bond motifs is 2. The number of aliphatic hydroxyl groups is 1. The van der Waals surface area contributed by atoms with Crippen molar-refractivity contribution in [1.29, 1.82) is 5.26 Å². The number of nitrogens with zero attached hydrogens (tertiary/aromatic N) is 4. The number of amides is 1. The third-order valence-corrected chi connectivity index (χ3v) is 8.34. The number of nitrogens with one attached hydrogen (secondary N) is 1. The largest absolute Gasteiger partial charge is 0.394 e. The molecule has 0 atom stereocenters. The first-order valence-electron chi connectivity index (χ1n) is 12.7. The highest BCUT2D eigenvalue weighted by Crippen LogP contribution is 2.67. The summed E-state index contributed by atoms with van der Waals surface area (Å²) in [6, 6.07) is 10.5. The first-order valence-corrected chi connectivity index (χ1v) is 12.7. The summed E-state index contributed by atoms with van der Waals surface area (Å²) in [7, 11) is 0. The number of benzene rings is 1. The fraction of sp³-hybridized carbons (Fsp3) is 0.481. The van der Waals surface area contributed by atoms with Crippen LogP contribution in [0.1, 0.15) is 62.8 Å². The molecule has 2 bridgehead atoms. The number of carbonyl (C=O) groups excluding carboxylic acids is 1. The van der Waals surface area contributed by atoms with Gasteiger partial charge in [-0.15, -0.1) is 0 Å². The molecule has 0 saturated heterocycles. The molecule has 0 radical (unpaired) electrons. The second kappa shape index (κ2) is 9.12. The molecular formula is C27H29F3N6O3. The Morgan fingerprint density at radius 2 is 1.90 bits per heavy atom. The van der Waals surface area contributed by atoms with Gasteiger partial charge in [0.1, 0.15) is 23.1 Å². The van der Waals surface area contributed by atoms with Crippen molar-refractivity contribution in [1.82, 2.24) is 14.9 Å². The number of nitrogen functional groups attached to an aromatic ring is 1. The average molecular weight is 543 g/mol. The van der Waals surface area contributed by atoms with Gasteiger partial charge >= 0.3 is 6.18 Å². The molecule has 3 aromatic rings. The number of alkyl halides is 3. The van der Waals surface area contributed by atoms with Gasteiger partial charge in [-0.3, -0.25) is 10.1 Å². The maximum absolute atomic E-state index is 13.6. The van der Waals surface area contributed by atoms with Crippen LogP contribution in [0.2, 0.25) is 0 Å². The van der Waals surface area contributed by atoms with Gasteiger partial charge < -0.3 is 15.4 Å². The molecule has 4 N–H and O–H groups in total. The van der Waals surface area contributed by atoms with Crippen LogP contribution in [0.25, 0.3) is 11.3 Å². The number of nitrogens with two attached hydrogens (primary N) is 1. The quantitative estimate of drug-likeness (QED) is 0.394. The minimum absolute atomic E-state index is 0.00463. The molecule has 0 spiro atoms. The molecular weight excluding hydrogens is 513 g/mol. The van der Waals surface area contributed by atoms with Crippen molar-refractivity contribution in [2.24, 2.45) is 5.41 Å². The number of rotatable bonds is 7. The van der Waals surface area contributed by atoms with Gasteiger partial charge in [0, 0.05) is 17.0 Å². The number of aliphatic hydroxyl groups excluding tert-OH is 1. The minimum Gasteiger partial charge on any atom is -0.394 e. The number of anilines is 2. The molecule has 39 heavy (non-hydrogen) atoms. The molecule has 2 fully saturated rings. The average Bonchev–Trinajstić information content (AvgIpc) is 3.67. The fourth-order valence-corrected chi connectivity index (χ4v) is 5.94. The summed E-state index contributed by atoms with van der Waals surface area (Å²) in [5, 5.41) is 30.4. The Kier molecular flexibility index (Phi) is 6.25. The first kappa shape index (κ1) is 26.7. The highest BCUT2D eigenvalue weighted by Gasteiger charge is 2.67. The highest BCUT2D eigenvalue weighted by atomic mass is 19.4. The predicted octanol–water partition coefficient (Wildman–Crippen LogP) is 4.66. The summed E-state index contributed by atoms with van der Waals surface area (Å²) >= 11 is 0. The normalized spacial score (nSPS) is 22.7. The number of hydrogen-bond acceptors (Lipinski definition) is 7. The van der Waals surface area contributed by atoms with Gasteiger partial charge in [0.25, 0.3) is 0 Å². The van der Waals surface area contributed by atoms with Gasteiger partial charge in [-0.2, -0.15) is 23.5 Å². The van der Waals surface area contributed by atoms with E-state index in [2.05, 4.69) is 21.6 Å². The van der Waals surface area contributed by atoms with Crippen LogP contribution in [-0.4, -0.2) is 38.7 Å². The maximum Gasteiger partial charge on any atom is 0.394 e. The molecule has 1 amide bonds. The monoisotopic (exact) mass is 542 g/mol. The molecule has 9 nitrogen and oxygen atoms in total. The van der Waals surface area contributed by atoms with E-state index in [9.17, 15) is 28.3 Å². The number of aromatic nitrogens is 3. The molecule has 2 aliphatic carbocycles. The van der Waals surface area contributed by atoms with Gasteiger partial charge in [-0.05, 0) is 51.5 Å². The zero-order valence-electron chi connectivity index (χ0n) is 21.6. The Morgan fingerprint density at radius 1 is 1.23 bits per heavy atom. The second-order valence-corrected chi connectivity index (χ2v) is 11.3. The van der Waals surface area contributed by atoms with Crippen molar-refractivity contribution < 1.29 is 27.6 Å². The van der Waals surface area contributed by atoms with Crippen LogP contribution in [0, 0.1) is 16.7 Å². The standard InChI is InChI=1S/C27H29F3N6O3/c1-24(2,15-37)36-23(32)18(13-31)22(34-36)17-5-3-16(4-6-17)11-20(38)33-21-12-19(35-39-21)25-7-9-26(14-25,10-8-25)27(28,29)30/h3-6,12,37H,7-11,14-15,32H2,1-2H3,(H,33,38). The van der Waals surface area contributed by atoms with Crippen LogP contribution in [-0.2, 0) is 22.2 Å². The van der Waals surface area contributed by atoms with Gasteiger partial charge in [0.05, 0.1) is 29.7 Å². The SMILES string of the molecule is CC(C)(CO)n1nc(-c2ccc(CC(=O)Nc3cc(C45CCC(C(F)(F)F)(CC4)C5)no3)cc2)c(C#N)c1N. The summed E-state index contributed by atoms with van der Waals surface area (Å²) in [5.74, 6) is -0.120. The first-order chi connectivity index (χ1) is 18.3. The molecule has 2 heterocycles. The highest BCUT2D eigenvalue weighted by molar-refractivity contribution is 5.91. The molecule has 0 aliphatic heterocycles. The van der Waals surface area contributed by atoms with E-state index in [-0.39, 0.29) is 55.5 Å². The third-order valence-electron chi connectivity index (χ3n) is 8.34. The van der Waals surface area contributed by atoms with E-state index in [1.54, 1.807) is 38.1 Å². The number of halogens is 3. The van der Waals surface area contributed by atoms with Gasteiger partial charge in [-0.1, -0.05) is 29.4 Å². The van der Waals surface area contributed by atoms with Gasteiger partial charge in [0.15, 0.2) is 0 Å². The zero-order chi connectivity index (χ0) is 28.2. The van der Waals surface area contributed by atoms with Crippen molar-refractivity contribution in [3.63, 3.8) is 0 Å². The summed E-state index contributed by atoms with van der Waals surface area (Å²) < 4.78 is 47.5. The van der Waals surface area contributed by atoms with Crippen molar-refractivity contribution in [3.8, 4) is 17.3 Å². The van der Waals surface area contributed by atoms with Crippen molar-refractivity contribution >= 4 is 17.6 Å². The Bertz CT molecular complexity index is 1440. The second-order valence-electron chi connectivity index (χ2n) is 11.3. The minimum atomic E-state index is -4.24. The molecule has 0 unspecified atom stereocenters. The van der Waals surface area contributed by atoms with E-state index in [4.69, 9.17) is 10.3 Å². The number of hydrogen-bond donors (Lipinski definition) is 3. The van der Waals surface area contributed by atoms with Crippen molar-refractivity contribution in [2.45, 2.75) is 69.5 Å². The van der Waals surface area contributed by atoms with E-state index >= 15 is 0 Å². The lowest BCUT2D eigenvalue weighted by Gasteiger charge is -2.29. The van der Waals surface area contributed by atoms with Crippen LogP contribution in [0.3, 0.4) is 0 Å². The summed E-state index contributed by atoms with van der Waals surface area (Å²) in [5.41, 5.74) is 5.33. The molecule has 12 heteroatoms. The molecule has 2 saturated carbocycles. The predicted molar refractivity (Wildman–Crippen MR) is 135 cm³/mol. The summed E-state index contributed by atoms with van der Waals surface area (Å²) in [6.45, 7) is 3.27. The van der Waals surface area contributed by atoms with Gasteiger partial charge in [-0.25, -0.2) is 4.68 Å². The van der Waals surface area contributed by atoms with Crippen LogP contribution in [0.5, 0.6) is 0 Å². The van der Waals surface area contributed by atoms with E-state index in [1.165, 1.54) is 10.7 Å². The Hall–Kier alpha value is -3.85. The van der Waals surface area contributed by atoms with E-state index in [1.807, 2.05) is 0 Å². The topological polar surface area (TPSA) is 143 Å². The van der Waals surface area contributed by atoms with Crippen molar-refractivity contribution in [3.05, 3.63) is 47.2 Å². The zero-order valence-corrected chi connectivity index (χ0v) is 21.6. The van der Waals surface area contributed by atoms with Crippen molar-refractivity contribution in [2.75, 3.05) is 17.7 Å². The molecule has 1 aromatic carbocycles. The smallest absolute Gasteiger partial charge is 0.394 e. The molecule has 2 aliphatic rings. The number of nitriles is 1. The Balaban J connectivity index is 1.26. The lowest BCUT2D eigenvalue weighted by atomic mass is 9.80. The van der Waals surface area contributed by atoms with Crippen LogP contribution in [0.15, 0.2) is 34.9 Å². The molecule has 5 rings (SSSR count). The number of carbonyl (C=O) groups is 1. The van der Waals surface area contributed by atoms with E-state index in [0.29, 0.717) is 35.4 Å². The van der Waals surface area contributed by atoms with Gasteiger partial charge in [0.2, 0.25) is 11.8 Å². The molecule has 206 valence electrons. The van der Waals surface area contributed by atoms with E-state index in [0.717, 1.165) is 0 Å².